The molecule has 170 valence electrons. The Balaban J connectivity index is 1.58. The van der Waals surface area contributed by atoms with E-state index in [1.54, 1.807) is 23.9 Å². The molecule has 0 aliphatic carbocycles. The van der Waals surface area contributed by atoms with Gasteiger partial charge in [-0.05, 0) is 31.9 Å². The molecule has 11 heteroatoms. The number of nitrogens with zero attached hydrogens (tertiary/aromatic N) is 4. The first-order chi connectivity index (χ1) is 15.2. The largest absolute Gasteiger partial charge is 0.389 e. The predicted octanol–water partition coefficient (Wildman–Crippen LogP) is 3.09. The summed E-state index contributed by atoms with van der Waals surface area (Å²) in [5, 5.41) is 7.56. The van der Waals surface area contributed by atoms with Gasteiger partial charge in [-0.25, -0.2) is 13.8 Å². The molecule has 32 heavy (non-hydrogen) atoms. The van der Waals surface area contributed by atoms with Gasteiger partial charge < -0.3 is 21.7 Å². The minimum Gasteiger partial charge on any atom is -0.389 e. The van der Waals surface area contributed by atoms with E-state index in [9.17, 15) is 13.6 Å². The van der Waals surface area contributed by atoms with E-state index in [0.717, 1.165) is 16.9 Å². The zero-order valence-electron chi connectivity index (χ0n) is 17.8. The van der Waals surface area contributed by atoms with Gasteiger partial charge in [-0.2, -0.15) is 5.10 Å². The maximum Gasteiger partial charge on any atom is 0.277 e. The van der Waals surface area contributed by atoms with Gasteiger partial charge >= 0.3 is 0 Å². The Morgan fingerprint density at radius 2 is 2.06 bits per heavy atom. The fourth-order valence-electron chi connectivity index (χ4n) is 3.79. The van der Waals surface area contributed by atoms with Crippen LogP contribution in [-0.2, 0) is 7.05 Å². The van der Waals surface area contributed by atoms with Crippen molar-refractivity contribution in [3.63, 3.8) is 0 Å². The molecule has 0 spiro atoms. The van der Waals surface area contributed by atoms with E-state index >= 15 is 0 Å². The molecule has 1 fully saturated rings. The van der Waals surface area contributed by atoms with Crippen molar-refractivity contribution in [1.29, 1.82) is 0 Å². The van der Waals surface area contributed by atoms with Crippen LogP contribution in [-0.4, -0.2) is 46.0 Å². The van der Waals surface area contributed by atoms with Gasteiger partial charge in [0.05, 0.1) is 6.20 Å². The zero-order valence-corrected chi connectivity index (χ0v) is 18.6. The lowest BCUT2D eigenvalue weighted by Gasteiger charge is -2.24. The van der Waals surface area contributed by atoms with Crippen LogP contribution in [0.1, 0.15) is 28.9 Å². The molecular weight excluding hydrogens is 436 g/mol. The van der Waals surface area contributed by atoms with Gasteiger partial charge in [0.2, 0.25) is 0 Å². The average molecular weight is 462 g/mol. The van der Waals surface area contributed by atoms with Crippen LogP contribution in [0.25, 0.3) is 10.6 Å². The molecule has 0 bridgehead atoms. The molecule has 0 saturated carbocycles. The summed E-state index contributed by atoms with van der Waals surface area (Å²) in [7, 11) is 1.75. The highest BCUT2D eigenvalue weighted by Crippen LogP contribution is 2.34. The maximum atomic E-state index is 14.3. The number of benzene rings is 1. The van der Waals surface area contributed by atoms with Crippen molar-refractivity contribution in [2.75, 3.05) is 29.0 Å². The van der Waals surface area contributed by atoms with Crippen molar-refractivity contribution >= 4 is 33.8 Å². The fourth-order valence-corrected chi connectivity index (χ4v) is 4.64. The number of rotatable bonds is 4. The highest BCUT2D eigenvalue weighted by atomic mass is 32.1. The van der Waals surface area contributed by atoms with E-state index in [1.807, 2.05) is 11.8 Å². The van der Waals surface area contributed by atoms with Gasteiger partial charge in [-0.15, -0.1) is 0 Å². The standard InChI is InChI=1S/C21H25F2N7OS/c1-11-3-4-13(22)12(9-11)20-28-17(18(25)32-20)19(31)27-16-10-26-29(2)21(16)30-7-5-14(23)15(24)6-8-30/h3-4,9-10,14-15H,5-8,24-25H2,1-2H3,(H,27,31). The second-order valence-corrected chi connectivity index (χ2v) is 8.95. The summed E-state index contributed by atoms with van der Waals surface area (Å²) in [6, 6.07) is 4.17. The highest BCUT2D eigenvalue weighted by Gasteiger charge is 2.27. The van der Waals surface area contributed by atoms with Gasteiger partial charge in [0.25, 0.3) is 5.91 Å². The van der Waals surface area contributed by atoms with Crippen LogP contribution in [0.2, 0.25) is 0 Å². The van der Waals surface area contributed by atoms with Crippen molar-refractivity contribution in [3.8, 4) is 10.6 Å². The number of carbonyl (C=O) groups excluding carboxylic acids is 1. The summed E-state index contributed by atoms with van der Waals surface area (Å²) in [5.74, 6) is -0.308. The predicted molar refractivity (Wildman–Crippen MR) is 122 cm³/mol. The van der Waals surface area contributed by atoms with E-state index < -0.39 is 23.9 Å². The van der Waals surface area contributed by atoms with Crippen LogP contribution in [0.15, 0.2) is 24.4 Å². The number of aryl methyl sites for hydroxylation is 2. The number of alkyl halides is 1. The second kappa shape index (κ2) is 8.83. The molecule has 0 radical (unpaired) electrons. The van der Waals surface area contributed by atoms with Crippen molar-refractivity contribution in [2.45, 2.75) is 32.0 Å². The summed E-state index contributed by atoms with van der Waals surface area (Å²) in [6.07, 6.45) is 1.24. The Morgan fingerprint density at radius 1 is 1.31 bits per heavy atom. The molecule has 8 nitrogen and oxygen atoms in total. The minimum absolute atomic E-state index is 0.0161. The summed E-state index contributed by atoms with van der Waals surface area (Å²) in [6.45, 7) is 2.84. The third kappa shape index (κ3) is 4.30. The van der Waals surface area contributed by atoms with E-state index in [-0.39, 0.29) is 10.7 Å². The number of aromatic nitrogens is 3. The molecule has 1 saturated heterocycles. The molecule has 4 rings (SSSR count). The van der Waals surface area contributed by atoms with E-state index in [1.165, 1.54) is 12.3 Å². The molecule has 1 aliphatic rings. The van der Waals surface area contributed by atoms with Gasteiger partial charge in [-0.3, -0.25) is 9.48 Å². The Bertz CT molecular complexity index is 1130. The molecule has 1 aromatic carbocycles. The van der Waals surface area contributed by atoms with E-state index in [2.05, 4.69) is 15.4 Å². The molecular formula is C21H25F2N7OS. The van der Waals surface area contributed by atoms with Crippen LogP contribution >= 0.6 is 11.3 Å². The first-order valence-corrected chi connectivity index (χ1v) is 11.1. The van der Waals surface area contributed by atoms with Gasteiger partial charge in [-0.1, -0.05) is 23.0 Å². The lowest BCUT2D eigenvalue weighted by atomic mass is 10.1. The summed E-state index contributed by atoms with van der Waals surface area (Å²) < 4.78 is 29.9. The van der Waals surface area contributed by atoms with Crippen LogP contribution in [0.5, 0.6) is 0 Å². The number of nitrogen functional groups attached to an aromatic ring is 1. The van der Waals surface area contributed by atoms with Crippen molar-refractivity contribution in [2.24, 2.45) is 12.8 Å². The third-order valence-corrected chi connectivity index (χ3v) is 6.47. The Kier molecular flexibility index (Phi) is 6.11. The molecule has 2 unspecified atom stereocenters. The zero-order chi connectivity index (χ0) is 23.0. The molecule has 1 amide bonds. The fraction of sp³-hybridized carbons (Fsp3) is 0.381. The SMILES string of the molecule is Cc1ccc(F)c(-c2nc(C(=O)Nc3cnn(C)c3N3CCC(N)C(F)CC3)c(N)s2)c1. The Labute approximate surface area is 188 Å². The lowest BCUT2D eigenvalue weighted by Crippen LogP contribution is -2.31. The number of halogens is 2. The summed E-state index contributed by atoms with van der Waals surface area (Å²) in [4.78, 5) is 19.2. The minimum atomic E-state index is -1.07. The maximum absolute atomic E-state index is 14.3. The number of thiazole rings is 1. The van der Waals surface area contributed by atoms with E-state index in [0.29, 0.717) is 48.0 Å². The van der Waals surface area contributed by atoms with Crippen LogP contribution in [0.3, 0.4) is 0 Å². The average Bonchev–Trinajstić information content (AvgIpc) is 3.27. The number of amides is 1. The van der Waals surface area contributed by atoms with Crippen molar-refractivity contribution < 1.29 is 13.6 Å². The number of hydrogen-bond acceptors (Lipinski definition) is 7. The monoisotopic (exact) mass is 461 g/mol. The molecule has 2 aromatic heterocycles. The summed E-state index contributed by atoms with van der Waals surface area (Å²) in [5.41, 5.74) is 13.6. The van der Waals surface area contributed by atoms with Gasteiger partial charge in [0, 0.05) is 31.7 Å². The summed E-state index contributed by atoms with van der Waals surface area (Å²) >= 11 is 1.05. The number of nitrogens with one attached hydrogen (secondary N) is 1. The van der Waals surface area contributed by atoms with Crippen molar-refractivity contribution in [3.05, 3.63) is 41.5 Å². The van der Waals surface area contributed by atoms with E-state index in [4.69, 9.17) is 11.5 Å². The van der Waals surface area contributed by atoms with Crippen molar-refractivity contribution in [1.82, 2.24) is 14.8 Å². The first kappa shape index (κ1) is 22.2. The number of nitrogens with two attached hydrogens (primary N) is 2. The number of carbonyl (C=O) groups is 1. The Hall–Kier alpha value is -3.05. The third-order valence-electron chi connectivity index (χ3n) is 5.55. The van der Waals surface area contributed by atoms with Gasteiger partial charge in [0.1, 0.15) is 27.7 Å². The van der Waals surface area contributed by atoms with Crippen LogP contribution < -0.4 is 21.7 Å². The first-order valence-electron chi connectivity index (χ1n) is 10.3. The number of hydrogen-bond donors (Lipinski definition) is 3. The quantitative estimate of drug-likeness (QED) is 0.550. The van der Waals surface area contributed by atoms with Crippen LogP contribution in [0.4, 0.5) is 25.3 Å². The molecule has 5 N–H and O–H groups in total. The highest BCUT2D eigenvalue weighted by molar-refractivity contribution is 7.19. The Morgan fingerprint density at radius 3 is 2.84 bits per heavy atom. The molecule has 3 heterocycles. The second-order valence-electron chi connectivity index (χ2n) is 7.92. The molecule has 2 atom stereocenters. The van der Waals surface area contributed by atoms with Crippen LogP contribution in [0, 0.1) is 12.7 Å². The topological polar surface area (TPSA) is 115 Å². The molecule has 3 aromatic rings. The smallest absolute Gasteiger partial charge is 0.277 e. The number of anilines is 3. The van der Waals surface area contributed by atoms with Gasteiger partial charge in [0.15, 0.2) is 11.5 Å². The normalized spacial score (nSPS) is 19.1. The lowest BCUT2D eigenvalue weighted by molar-refractivity contribution is 0.102. The molecule has 1 aliphatic heterocycles.